The lowest BCUT2D eigenvalue weighted by Crippen LogP contribution is -2.30. The highest BCUT2D eigenvalue weighted by atomic mass is 16.2. The molecule has 3 aromatic rings. The molecule has 0 saturated heterocycles. The Morgan fingerprint density at radius 3 is 2.67 bits per heavy atom. The van der Waals surface area contributed by atoms with E-state index in [1.807, 2.05) is 36.9 Å². The number of nitrogens with zero attached hydrogens (tertiary/aromatic N) is 4. The summed E-state index contributed by atoms with van der Waals surface area (Å²) in [5, 5.41) is 0. The molecule has 2 aromatic heterocycles. The van der Waals surface area contributed by atoms with Crippen LogP contribution in [0.5, 0.6) is 0 Å². The van der Waals surface area contributed by atoms with Crippen molar-refractivity contribution in [2.45, 2.75) is 13.8 Å². The highest BCUT2D eigenvalue weighted by Crippen LogP contribution is 2.31. The van der Waals surface area contributed by atoms with Crippen molar-refractivity contribution in [3.63, 3.8) is 0 Å². The third kappa shape index (κ3) is 4.12. The summed E-state index contributed by atoms with van der Waals surface area (Å²) >= 11 is 0. The van der Waals surface area contributed by atoms with Gasteiger partial charge in [0.25, 0.3) is 5.91 Å². The van der Waals surface area contributed by atoms with Crippen molar-refractivity contribution in [3.8, 4) is 0 Å². The van der Waals surface area contributed by atoms with Crippen LogP contribution in [0.1, 0.15) is 22.8 Å². The van der Waals surface area contributed by atoms with Crippen LogP contribution in [0.25, 0.3) is 0 Å². The molecular weight excluding hydrogens is 342 g/mol. The number of aryl methyl sites for hydroxylation is 1. The van der Waals surface area contributed by atoms with Crippen LogP contribution in [-0.4, -0.2) is 27.4 Å². The third-order valence-corrected chi connectivity index (χ3v) is 3.99. The molecule has 2 heterocycles. The van der Waals surface area contributed by atoms with Crippen molar-refractivity contribution in [2.24, 2.45) is 0 Å². The zero-order valence-corrected chi connectivity index (χ0v) is 15.2. The van der Waals surface area contributed by atoms with Gasteiger partial charge in [0.15, 0.2) is 11.6 Å². The molecule has 0 fully saturated rings. The first-order chi connectivity index (χ1) is 13.1. The predicted molar refractivity (Wildman–Crippen MR) is 106 cm³/mol. The number of anilines is 4. The molecule has 1 amide bonds. The van der Waals surface area contributed by atoms with Crippen molar-refractivity contribution in [1.82, 2.24) is 20.4 Å². The number of aromatic nitrogens is 3. The molecule has 0 bridgehead atoms. The van der Waals surface area contributed by atoms with E-state index in [2.05, 4.69) is 31.9 Å². The van der Waals surface area contributed by atoms with E-state index in [1.54, 1.807) is 24.5 Å². The van der Waals surface area contributed by atoms with Crippen molar-refractivity contribution in [3.05, 3.63) is 66.2 Å². The van der Waals surface area contributed by atoms with Crippen molar-refractivity contribution in [2.75, 3.05) is 22.6 Å². The van der Waals surface area contributed by atoms with Crippen LogP contribution in [0.2, 0.25) is 0 Å². The van der Waals surface area contributed by atoms with Gasteiger partial charge in [-0.25, -0.2) is 9.97 Å². The first-order valence-corrected chi connectivity index (χ1v) is 8.51. The van der Waals surface area contributed by atoms with Gasteiger partial charge in [0.2, 0.25) is 0 Å². The maximum atomic E-state index is 12.2. The molecule has 27 heavy (non-hydrogen) atoms. The van der Waals surface area contributed by atoms with Crippen LogP contribution in [0.4, 0.5) is 23.0 Å². The van der Waals surface area contributed by atoms with Crippen molar-refractivity contribution >= 4 is 28.9 Å². The number of hydrazine groups is 1. The number of carbonyl (C=O) groups is 1. The fourth-order valence-corrected chi connectivity index (χ4v) is 2.64. The summed E-state index contributed by atoms with van der Waals surface area (Å²) in [6.45, 7) is 4.72. The summed E-state index contributed by atoms with van der Waals surface area (Å²) in [5.74, 6) is 0.579. The molecule has 3 rings (SSSR count). The third-order valence-electron chi connectivity index (χ3n) is 3.99. The molecule has 0 saturated carbocycles. The lowest BCUT2D eigenvalue weighted by atomic mass is 10.2. The molecule has 138 valence electrons. The maximum absolute atomic E-state index is 12.2. The number of amides is 1. The Morgan fingerprint density at radius 2 is 1.96 bits per heavy atom. The summed E-state index contributed by atoms with van der Waals surface area (Å²) < 4.78 is 0. The standard InChI is InChI=1S/C19H21N7O/c1-3-26(15-6-4-5-13(2)11-15)18-16(20)17(22-12-23-18)24-25-19(27)14-7-9-21-10-8-14/h4-12H,3,20H2,1-2H3,(H,25,27)(H,22,23,24). The average Bonchev–Trinajstić information content (AvgIpc) is 2.69. The SMILES string of the molecule is CCN(c1cccc(C)c1)c1ncnc(NNC(=O)c2ccncc2)c1N. The number of carbonyl (C=O) groups excluding carboxylic acids is 1. The van der Waals surface area contributed by atoms with E-state index in [9.17, 15) is 4.79 Å². The number of nitrogen functional groups attached to an aromatic ring is 1. The Kier molecular flexibility index (Phi) is 5.46. The molecule has 0 atom stereocenters. The van der Waals surface area contributed by atoms with E-state index in [1.165, 1.54) is 6.33 Å². The number of benzene rings is 1. The Bertz CT molecular complexity index is 930. The number of nitrogens with one attached hydrogen (secondary N) is 2. The molecule has 0 radical (unpaired) electrons. The molecule has 0 unspecified atom stereocenters. The van der Waals surface area contributed by atoms with Crippen LogP contribution >= 0.6 is 0 Å². The minimum absolute atomic E-state index is 0.317. The number of nitrogens with two attached hydrogens (primary N) is 1. The highest BCUT2D eigenvalue weighted by molar-refractivity contribution is 5.95. The van der Waals surface area contributed by atoms with Gasteiger partial charge in [-0.3, -0.25) is 20.6 Å². The Labute approximate surface area is 157 Å². The van der Waals surface area contributed by atoms with Crippen molar-refractivity contribution < 1.29 is 4.79 Å². The summed E-state index contributed by atoms with van der Waals surface area (Å²) in [6.07, 6.45) is 4.51. The minimum atomic E-state index is -0.317. The first-order valence-electron chi connectivity index (χ1n) is 8.51. The molecule has 0 aliphatic carbocycles. The average molecular weight is 363 g/mol. The summed E-state index contributed by atoms with van der Waals surface area (Å²) in [7, 11) is 0. The molecule has 8 heteroatoms. The van der Waals surface area contributed by atoms with Gasteiger partial charge in [-0.2, -0.15) is 0 Å². The lowest BCUT2D eigenvalue weighted by Gasteiger charge is -2.24. The maximum Gasteiger partial charge on any atom is 0.269 e. The lowest BCUT2D eigenvalue weighted by molar-refractivity contribution is 0.0962. The van der Waals surface area contributed by atoms with E-state index in [0.29, 0.717) is 29.4 Å². The largest absolute Gasteiger partial charge is 0.393 e. The summed E-state index contributed by atoms with van der Waals surface area (Å²) in [6, 6.07) is 11.3. The first kappa shape index (κ1) is 18.1. The minimum Gasteiger partial charge on any atom is -0.393 e. The van der Waals surface area contributed by atoms with Gasteiger partial charge in [-0.05, 0) is 43.7 Å². The second-order valence-corrected chi connectivity index (χ2v) is 5.86. The Morgan fingerprint density at radius 1 is 1.19 bits per heavy atom. The second-order valence-electron chi connectivity index (χ2n) is 5.86. The highest BCUT2D eigenvalue weighted by Gasteiger charge is 2.16. The molecular formula is C19H21N7O. The second kappa shape index (κ2) is 8.13. The monoisotopic (exact) mass is 363 g/mol. The van der Waals surface area contributed by atoms with E-state index in [0.717, 1.165) is 11.3 Å². The van der Waals surface area contributed by atoms with Gasteiger partial charge in [0.05, 0.1) is 0 Å². The summed E-state index contributed by atoms with van der Waals surface area (Å²) in [4.78, 5) is 26.5. The van der Waals surface area contributed by atoms with Crippen LogP contribution in [-0.2, 0) is 0 Å². The van der Waals surface area contributed by atoms with Gasteiger partial charge < -0.3 is 10.6 Å². The fourth-order valence-electron chi connectivity index (χ4n) is 2.64. The normalized spacial score (nSPS) is 10.3. The number of hydrogen-bond acceptors (Lipinski definition) is 7. The number of hydrogen-bond donors (Lipinski definition) is 3. The molecule has 4 N–H and O–H groups in total. The summed E-state index contributed by atoms with van der Waals surface area (Å²) in [5.41, 5.74) is 14.6. The smallest absolute Gasteiger partial charge is 0.269 e. The van der Waals surface area contributed by atoms with Gasteiger partial charge in [0, 0.05) is 30.2 Å². The Balaban J connectivity index is 1.82. The number of pyridine rings is 1. The van der Waals surface area contributed by atoms with Gasteiger partial charge >= 0.3 is 0 Å². The van der Waals surface area contributed by atoms with E-state index >= 15 is 0 Å². The zero-order valence-electron chi connectivity index (χ0n) is 15.2. The molecule has 8 nitrogen and oxygen atoms in total. The van der Waals surface area contributed by atoms with Gasteiger partial charge in [-0.15, -0.1) is 0 Å². The number of rotatable bonds is 6. The van der Waals surface area contributed by atoms with Gasteiger partial charge in [0.1, 0.15) is 12.0 Å². The topological polar surface area (TPSA) is 109 Å². The van der Waals surface area contributed by atoms with E-state index in [-0.39, 0.29) is 5.91 Å². The van der Waals surface area contributed by atoms with Crippen molar-refractivity contribution in [1.29, 1.82) is 0 Å². The zero-order chi connectivity index (χ0) is 19.2. The molecule has 0 aliphatic rings. The fraction of sp³-hybridized carbons (Fsp3) is 0.158. The van der Waals surface area contributed by atoms with Gasteiger partial charge in [-0.1, -0.05) is 12.1 Å². The van der Waals surface area contributed by atoms with Crippen LogP contribution in [0, 0.1) is 6.92 Å². The van der Waals surface area contributed by atoms with E-state index < -0.39 is 0 Å². The molecule has 0 aliphatic heterocycles. The van der Waals surface area contributed by atoms with E-state index in [4.69, 9.17) is 5.73 Å². The predicted octanol–water partition coefficient (Wildman–Crippen LogP) is 2.68. The quantitative estimate of drug-likeness (QED) is 0.578. The van der Waals surface area contributed by atoms with Crippen LogP contribution in [0.3, 0.4) is 0 Å². The molecule has 0 spiro atoms. The van der Waals surface area contributed by atoms with Crippen LogP contribution < -0.4 is 21.5 Å². The molecule has 1 aromatic carbocycles. The van der Waals surface area contributed by atoms with Crippen LogP contribution in [0.15, 0.2) is 55.1 Å². The Hall–Kier alpha value is -3.68.